The van der Waals surface area contributed by atoms with E-state index in [9.17, 15) is 13.2 Å². The van der Waals surface area contributed by atoms with Crippen molar-refractivity contribution in [3.8, 4) is 0 Å². The summed E-state index contributed by atoms with van der Waals surface area (Å²) >= 11 is 3.45. The summed E-state index contributed by atoms with van der Waals surface area (Å²) in [7, 11) is -3.31. The molecule has 1 amide bonds. The summed E-state index contributed by atoms with van der Waals surface area (Å²) in [5.41, 5.74) is 4.84. The van der Waals surface area contributed by atoms with E-state index in [1.165, 1.54) is 10.6 Å². The molecule has 1 aliphatic heterocycles. The van der Waals surface area contributed by atoms with Crippen molar-refractivity contribution in [3.63, 3.8) is 0 Å². The smallest absolute Gasteiger partial charge is 0.255 e. The summed E-state index contributed by atoms with van der Waals surface area (Å²) in [6.07, 6.45) is 2.72. The molecule has 2 aromatic rings. The van der Waals surface area contributed by atoms with Crippen LogP contribution in [-0.2, 0) is 16.4 Å². The first kappa shape index (κ1) is 18.9. The minimum atomic E-state index is -3.31. The molecule has 2 aromatic carbocycles. The zero-order valence-electron chi connectivity index (χ0n) is 15.0. The SMILES string of the molecule is Cc1cc(Br)cc(C)c1NC(=O)c1ccc2c(c1)CCCN2S(C)(=O)=O. The molecule has 138 valence electrons. The normalized spacial score (nSPS) is 14.1. The van der Waals surface area contributed by atoms with Gasteiger partial charge in [0.15, 0.2) is 0 Å². The minimum Gasteiger partial charge on any atom is -0.322 e. The van der Waals surface area contributed by atoms with Gasteiger partial charge in [0.2, 0.25) is 10.0 Å². The first-order chi connectivity index (χ1) is 12.2. The van der Waals surface area contributed by atoms with Crippen molar-refractivity contribution >= 4 is 43.2 Å². The van der Waals surface area contributed by atoms with Crippen LogP contribution < -0.4 is 9.62 Å². The van der Waals surface area contributed by atoms with Crippen LogP contribution in [0, 0.1) is 13.8 Å². The summed E-state index contributed by atoms with van der Waals surface area (Å²) < 4.78 is 26.3. The number of hydrogen-bond acceptors (Lipinski definition) is 3. The van der Waals surface area contributed by atoms with Crippen LogP contribution in [0.1, 0.15) is 33.5 Å². The third-order valence-corrected chi connectivity index (χ3v) is 6.19. The highest BCUT2D eigenvalue weighted by molar-refractivity contribution is 9.10. The Balaban J connectivity index is 1.91. The maximum Gasteiger partial charge on any atom is 0.255 e. The first-order valence-corrected chi connectivity index (χ1v) is 11.0. The first-order valence-electron chi connectivity index (χ1n) is 8.35. The van der Waals surface area contributed by atoms with E-state index in [0.29, 0.717) is 17.8 Å². The second-order valence-electron chi connectivity index (χ2n) is 6.65. The van der Waals surface area contributed by atoms with Crippen molar-refractivity contribution in [2.75, 3.05) is 22.4 Å². The molecule has 26 heavy (non-hydrogen) atoms. The topological polar surface area (TPSA) is 66.5 Å². The Morgan fingerprint density at radius 2 is 1.81 bits per heavy atom. The van der Waals surface area contributed by atoms with Gasteiger partial charge in [-0.05, 0) is 73.7 Å². The van der Waals surface area contributed by atoms with Crippen LogP contribution in [0.4, 0.5) is 11.4 Å². The number of carbonyl (C=O) groups excluding carboxylic acids is 1. The van der Waals surface area contributed by atoms with Gasteiger partial charge in [0.25, 0.3) is 5.91 Å². The Morgan fingerprint density at radius 1 is 1.15 bits per heavy atom. The molecule has 7 heteroatoms. The fourth-order valence-corrected chi connectivity index (χ4v) is 5.02. The maximum absolute atomic E-state index is 12.7. The average Bonchev–Trinajstić information content (AvgIpc) is 2.56. The van der Waals surface area contributed by atoms with Gasteiger partial charge in [-0.1, -0.05) is 15.9 Å². The number of hydrogen-bond donors (Lipinski definition) is 1. The molecule has 0 fully saturated rings. The Labute approximate surface area is 162 Å². The van der Waals surface area contributed by atoms with Crippen LogP contribution in [0.2, 0.25) is 0 Å². The number of amides is 1. The Morgan fingerprint density at radius 3 is 2.42 bits per heavy atom. The lowest BCUT2D eigenvalue weighted by Crippen LogP contribution is -2.34. The van der Waals surface area contributed by atoms with Crippen LogP contribution in [0.3, 0.4) is 0 Å². The van der Waals surface area contributed by atoms with E-state index in [1.54, 1.807) is 18.2 Å². The highest BCUT2D eigenvalue weighted by Gasteiger charge is 2.24. The standard InChI is InChI=1S/C19H21BrN2O3S/c1-12-9-16(20)10-13(2)18(12)21-19(23)15-6-7-17-14(11-15)5-4-8-22(17)26(3,24)25/h6-7,9-11H,4-5,8H2,1-3H3,(H,21,23). The summed E-state index contributed by atoms with van der Waals surface area (Å²) in [5.74, 6) is -0.196. The molecule has 3 rings (SSSR count). The van der Waals surface area contributed by atoms with Gasteiger partial charge in [-0.2, -0.15) is 0 Å². The van der Waals surface area contributed by atoms with Crippen molar-refractivity contribution in [2.45, 2.75) is 26.7 Å². The Bertz CT molecular complexity index is 963. The second kappa shape index (κ2) is 7.04. The molecule has 0 saturated carbocycles. The number of benzene rings is 2. The number of nitrogens with zero attached hydrogens (tertiary/aromatic N) is 1. The molecule has 0 radical (unpaired) electrons. The third-order valence-electron chi connectivity index (χ3n) is 4.55. The molecule has 5 nitrogen and oxygen atoms in total. The molecule has 0 bridgehead atoms. The van der Waals surface area contributed by atoms with Gasteiger partial charge in [0.1, 0.15) is 0 Å². The number of nitrogens with one attached hydrogen (secondary N) is 1. The predicted octanol–water partition coefficient (Wildman–Crippen LogP) is 4.03. The zero-order valence-corrected chi connectivity index (χ0v) is 17.4. The molecule has 1 heterocycles. The van der Waals surface area contributed by atoms with Gasteiger partial charge in [0, 0.05) is 22.3 Å². The number of carbonyl (C=O) groups is 1. The maximum atomic E-state index is 12.7. The summed E-state index contributed by atoms with van der Waals surface area (Å²) in [4.78, 5) is 12.7. The Hall–Kier alpha value is -1.86. The fourth-order valence-electron chi connectivity index (χ4n) is 3.34. The molecular formula is C19H21BrN2O3S. The van der Waals surface area contributed by atoms with Crippen LogP contribution in [0.25, 0.3) is 0 Å². The molecule has 0 aliphatic carbocycles. The molecule has 0 atom stereocenters. The quantitative estimate of drug-likeness (QED) is 0.789. The van der Waals surface area contributed by atoms with Gasteiger partial charge in [-0.25, -0.2) is 8.42 Å². The molecule has 1 aliphatic rings. The number of rotatable bonds is 3. The summed E-state index contributed by atoms with van der Waals surface area (Å²) in [6, 6.07) is 9.12. The van der Waals surface area contributed by atoms with Crippen molar-refractivity contribution in [2.24, 2.45) is 0 Å². The van der Waals surface area contributed by atoms with E-state index < -0.39 is 10.0 Å². The summed E-state index contributed by atoms with van der Waals surface area (Å²) in [6.45, 7) is 4.38. The highest BCUT2D eigenvalue weighted by atomic mass is 79.9. The fraction of sp³-hybridized carbons (Fsp3) is 0.316. The number of fused-ring (bicyclic) bond motifs is 1. The number of aryl methyl sites for hydroxylation is 3. The predicted molar refractivity (Wildman–Crippen MR) is 109 cm³/mol. The lowest BCUT2D eigenvalue weighted by molar-refractivity contribution is 0.102. The zero-order chi connectivity index (χ0) is 19.1. The minimum absolute atomic E-state index is 0.196. The van der Waals surface area contributed by atoms with E-state index in [4.69, 9.17) is 0 Å². The number of halogens is 1. The molecule has 0 unspecified atom stereocenters. The molecule has 0 spiro atoms. The van der Waals surface area contributed by atoms with Crippen molar-refractivity contribution in [3.05, 3.63) is 57.1 Å². The average molecular weight is 437 g/mol. The molecule has 0 saturated heterocycles. The number of sulfonamides is 1. The van der Waals surface area contributed by atoms with E-state index in [1.807, 2.05) is 26.0 Å². The van der Waals surface area contributed by atoms with Gasteiger partial charge in [-0.3, -0.25) is 9.10 Å². The van der Waals surface area contributed by atoms with Crippen molar-refractivity contribution in [1.29, 1.82) is 0 Å². The lowest BCUT2D eigenvalue weighted by Gasteiger charge is -2.29. The lowest BCUT2D eigenvalue weighted by atomic mass is 10.00. The monoisotopic (exact) mass is 436 g/mol. The molecule has 1 N–H and O–H groups in total. The van der Waals surface area contributed by atoms with Crippen molar-refractivity contribution < 1.29 is 13.2 Å². The van der Waals surface area contributed by atoms with E-state index >= 15 is 0 Å². The van der Waals surface area contributed by atoms with Crippen molar-refractivity contribution in [1.82, 2.24) is 0 Å². The van der Waals surface area contributed by atoms with Crippen LogP contribution >= 0.6 is 15.9 Å². The van der Waals surface area contributed by atoms with E-state index in [0.717, 1.165) is 39.7 Å². The largest absolute Gasteiger partial charge is 0.322 e. The Kier molecular flexibility index (Phi) is 5.12. The third kappa shape index (κ3) is 3.78. The van der Waals surface area contributed by atoms with Crippen LogP contribution in [0.5, 0.6) is 0 Å². The van der Waals surface area contributed by atoms with E-state index in [2.05, 4.69) is 21.2 Å². The van der Waals surface area contributed by atoms with Crippen LogP contribution in [-0.4, -0.2) is 27.1 Å². The van der Waals surface area contributed by atoms with E-state index in [-0.39, 0.29) is 5.91 Å². The highest BCUT2D eigenvalue weighted by Crippen LogP contribution is 2.31. The van der Waals surface area contributed by atoms with Gasteiger partial charge in [-0.15, -0.1) is 0 Å². The van der Waals surface area contributed by atoms with Gasteiger partial charge < -0.3 is 5.32 Å². The molecular weight excluding hydrogens is 416 g/mol. The summed E-state index contributed by atoms with van der Waals surface area (Å²) in [5, 5.41) is 2.98. The molecule has 0 aromatic heterocycles. The second-order valence-corrected chi connectivity index (χ2v) is 9.47. The van der Waals surface area contributed by atoms with Gasteiger partial charge >= 0.3 is 0 Å². The van der Waals surface area contributed by atoms with Crippen LogP contribution in [0.15, 0.2) is 34.8 Å². The van der Waals surface area contributed by atoms with Gasteiger partial charge in [0.05, 0.1) is 11.9 Å². The number of anilines is 2.